The van der Waals surface area contributed by atoms with E-state index in [9.17, 15) is 4.79 Å². The largest absolute Gasteiger partial charge is 0.469 e. The van der Waals surface area contributed by atoms with Crippen LogP contribution in [0.2, 0.25) is 0 Å². The van der Waals surface area contributed by atoms with Gasteiger partial charge < -0.3 is 19.7 Å². The number of carbonyl (C=O) groups is 1. The van der Waals surface area contributed by atoms with Crippen LogP contribution in [-0.2, 0) is 14.3 Å². The lowest BCUT2D eigenvalue weighted by Crippen LogP contribution is -2.47. The molecule has 1 aliphatic heterocycles. The molecule has 1 aliphatic rings. The molecule has 6 heteroatoms. The molecule has 0 aromatic heterocycles. The maximum Gasteiger partial charge on any atom is 0.308 e. The van der Waals surface area contributed by atoms with E-state index in [2.05, 4.69) is 15.2 Å². The van der Waals surface area contributed by atoms with Crippen LogP contribution in [-0.4, -0.2) is 64.3 Å². The summed E-state index contributed by atoms with van der Waals surface area (Å²) >= 11 is 0. The lowest BCUT2D eigenvalue weighted by Gasteiger charge is -2.33. The van der Waals surface area contributed by atoms with E-state index in [4.69, 9.17) is 9.47 Å². The van der Waals surface area contributed by atoms with E-state index >= 15 is 0 Å². The molecule has 0 spiro atoms. The molecule has 0 aromatic rings. The number of methoxy groups -OCH3 is 2. The van der Waals surface area contributed by atoms with E-state index in [0.717, 1.165) is 51.5 Å². The number of esters is 1. The van der Waals surface area contributed by atoms with Gasteiger partial charge in [0.1, 0.15) is 0 Å². The number of nitrogens with one attached hydrogen (secondary N) is 1. The number of nitrogens with zero attached hydrogens (tertiary/aromatic N) is 2. The summed E-state index contributed by atoms with van der Waals surface area (Å²) in [6, 6.07) is 0. The lowest BCUT2D eigenvalue weighted by molar-refractivity contribution is -0.146. The number of hydrogen-bond donors (Lipinski definition) is 1. The van der Waals surface area contributed by atoms with E-state index in [1.807, 2.05) is 0 Å². The van der Waals surface area contributed by atoms with Gasteiger partial charge in [-0.1, -0.05) is 0 Å². The van der Waals surface area contributed by atoms with Crippen molar-refractivity contribution >= 4 is 11.9 Å². The van der Waals surface area contributed by atoms with Crippen LogP contribution in [0, 0.1) is 5.92 Å². The monoisotopic (exact) mass is 271 g/mol. The Hall–Kier alpha value is -1.30. The highest BCUT2D eigenvalue weighted by Gasteiger charge is 2.26. The van der Waals surface area contributed by atoms with Crippen molar-refractivity contribution in [3.63, 3.8) is 0 Å². The number of ether oxygens (including phenoxy) is 2. The third-order valence-electron chi connectivity index (χ3n) is 3.35. The minimum Gasteiger partial charge on any atom is -0.469 e. The van der Waals surface area contributed by atoms with E-state index in [-0.39, 0.29) is 11.9 Å². The number of likely N-dealkylation sites (tertiary alicyclic amines) is 1. The Morgan fingerprint density at radius 2 is 2.05 bits per heavy atom. The van der Waals surface area contributed by atoms with Gasteiger partial charge in [0, 0.05) is 40.4 Å². The van der Waals surface area contributed by atoms with Gasteiger partial charge in [0.2, 0.25) is 0 Å². The van der Waals surface area contributed by atoms with Gasteiger partial charge in [-0.15, -0.1) is 0 Å². The second-order valence-corrected chi connectivity index (χ2v) is 4.60. The summed E-state index contributed by atoms with van der Waals surface area (Å²) in [7, 11) is 4.93. The normalized spacial score (nSPS) is 17.4. The molecule has 0 amide bonds. The maximum absolute atomic E-state index is 11.5. The molecular formula is C13H25N3O3. The predicted octanol–water partition coefficient (Wildman–Crippen LogP) is 0.483. The second-order valence-electron chi connectivity index (χ2n) is 4.60. The van der Waals surface area contributed by atoms with Crippen molar-refractivity contribution in [1.82, 2.24) is 10.2 Å². The van der Waals surface area contributed by atoms with Crippen molar-refractivity contribution in [1.29, 1.82) is 0 Å². The number of aliphatic imine (C=N–C) groups is 1. The number of rotatable bonds is 5. The van der Waals surface area contributed by atoms with Crippen LogP contribution in [0.4, 0.5) is 0 Å². The summed E-state index contributed by atoms with van der Waals surface area (Å²) in [5.41, 5.74) is 0. The minimum absolute atomic E-state index is 0.0350. The average molecular weight is 271 g/mol. The quantitative estimate of drug-likeness (QED) is 0.341. The van der Waals surface area contributed by atoms with Gasteiger partial charge in [-0.3, -0.25) is 9.79 Å². The summed E-state index contributed by atoms with van der Waals surface area (Å²) < 4.78 is 9.80. The first kappa shape index (κ1) is 15.8. The molecule has 0 unspecified atom stereocenters. The molecule has 0 radical (unpaired) electrons. The molecule has 1 fully saturated rings. The van der Waals surface area contributed by atoms with E-state index < -0.39 is 0 Å². The average Bonchev–Trinajstić information content (AvgIpc) is 2.47. The Labute approximate surface area is 115 Å². The SMILES string of the molecule is CN=C(NCCCOC)N1CCC(C(=O)OC)CC1. The van der Waals surface area contributed by atoms with Gasteiger partial charge in [0.05, 0.1) is 13.0 Å². The van der Waals surface area contributed by atoms with Crippen LogP contribution in [0.5, 0.6) is 0 Å². The Morgan fingerprint density at radius 3 is 2.58 bits per heavy atom. The van der Waals surface area contributed by atoms with Crippen molar-refractivity contribution < 1.29 is 14.3 Å². The van der Waals surface area contributed by atoms with Crippen LogP contribution in [0.1, 0.15) is 19.3 Å². The zero-order valence-corrected chi connectivity index (χ0v) is 12.1. The summed E-state index contributed by atoms with van der Waals surface area (Å²) in [5.74, 6) is 0.843. The molecule has 0 bridgehead atoms. The third kappa shape index (κ3) is 5.06. The van der Waals surface area contributed by atoms with E-state index in [0.29, 0.717) is 0 Å². The predicted molar refractivity (Wildman–Crippen MR) is 74.2 cm³/mol. The maximum atomic E-state index is 11.5. The van der Waals surface area contributed by atoms with Crippen molar-refractivity contribution in [2.24, 2.45) is 10.9 Å². The van der Waals surface area contributed by atoms with Gasteiger partial charge in [-0.25, -0.2) is 0 Å². The van der Waals surface area contributed by atoms with Crippen LogP contribution in [0.25, 0.3) is 0 Å². The highest BCUT2D eigenvalue weighted by atomic mass is 16.5. The van der Waals surface area contributed by atoms with Gasteiger partial charge in [-0.05, 0) is 19.3 Å². The van der Waals surface area contributed by atoms with Crippen molar-refractivity contribution in [2.45, 2.75) is 19.3 Å². The first-order valence-corrected chi connectivity index (χ1v) is 6.75. The van der Waals surface area contributed by atoms with Crippen molar-refractivity contribution in [3.05, 3.63) is 0 Å². The molecule has 0 aromatic carbocycles. The summed E-state index contributed by atoms with van der Waals surface area (Å²) in [6.45, 7) is 3.26. The third-order valence-corrected chi connectivity index (χ3v) is 3.35. The summed E-state index contributed by atoms with van der Waals surface area (Å²) in [4.78, 5) is 17.9. The molecule has 19 heavy (non-hydrogen) atoms. The first-order valence-electron chi connectivity index (χ1n) is 6.75. The fourth-order valence-corrected chi connectivity index (χ4v) is 2.24. The molecule has 0 aliphatic carbocycles. The molecule has 1 rings (SSSR count). The number of guanidine groups is 1. The molecule has 0 saturated carbocycles. The molecule has 1 saturated heterocycles. The second kappa shape index (κ2) is 8.74. The summed E-state index contributed by atoms with van der Waals surface area (Å²) in [5, 5.41) is 3.31. The van der Waals surface area contributed by atoms with Gasteiger partial charge in [-0.2, -0.15) is 0 Å². The van der Waals surface area contributed by atoms with E-state index in [1.54, 1.807) is 14.2 Å². The van der Waals surface area contributed by atoms with Crippen LogP contribution in [0.3, 0.4) is 0 Å². The van der Waals surface area contributed by atoms with Gasteiger partial charge >= 0.3 is 5.97 Å². The van der Waals surface area contributed by atoms with Crippen LogP contribution < -0.4 is 5.32 Å². The zero-order valence-electron chi connectivity index (χ0n) is 12.1. The Balaban J connectivity index is 2.33. The van der Waals surface area contributed by atoms with Crippen LogP contribution >= 0.6 is 0 Å². The van der Waals surface area contributed by atoms with Crippen LogP contribution in [0.15, 0.2) is 4.99 Å². The first-order chi connectivity index (χ1) is 9.22. The minimum atomic E-state index is -0.0947. The number of carbonyl (C=O) groups excluding carboxylic acids is 1. The zero-order chi connectivity index (χ0) is 14.1. The Bertz CT molecular complexity index is 300. The lowest BCUT2D eigenvalue weighted by atomic mass is 9.97. The van der Waals surface area contributed by atoms with Crippen molar-refractivity contribution in [2.75, 3.05) is 47.5 Å². The Morgan fingerprint density at radius 1 is 1.37 bits per heavy atom. The molecule has 6 nitrogen and oxygen atoms in total. The smallest absolute Gasteiger partial charge is 0.308 e. The standard InChI is InChI=1S/C13H25N3O3/c1-14-13(15-7-4-10-18-2)16-8-5-11(6-9-16)12(17)19-3/h11H,4-10H2,1-3H3,(H,14,15). The number of piperidine rings is 1. The Kier molecular flexibility index (Phi) is 7.25. The van der Waals surface area contributed by atoms with Gasteiger partial charge in [0.25, 0.3) is 0 Å². The number of hydrogen-bond acceptors (Lipinski definition) is 4. The van der Waals surface area contributed by atoms with E-state index in [1.165, 1.54) is 7.11 Å². The molecule has 0 atom stereocenters. The van der Waals surface area contributed by atoms with Gasteiger partial charge in [0.15, 0.2) is 5.96 Å². The molecule has 110 valence electrons. The fraction of sp³-hybridized carbons (Fsp3) is 0.846. The fourth-order valence-electron chi connectivity index (χ4n) is 2.24. The molecule has 1 heterocycles. The highest BCUT2D eigenvalue weighted by Crippen LogP contribution is 2.18. The topological polar surface area (TPSA) is 63.2 Å². The molecular weight excluding hydrogens is 246 g/mol. The summed E-state index contributed by atoms with van der Waals surface area (Å²) in [6.07, 6.45) is 2.60. The highest BCUT2D eigenvalue weighted by molar-refractivity contribution is 5.80. The molecule has 1 N–H and O–H groups in total. The van der Waals surface area contributed by atoms with Crippen molar-refractivity contribution in [3.8, 4) is 0 Å².